The summed E-state index contributed by atoms with van der Waals surface area (Å²) in [6, 6.07) is 5.07. The Morgan fingerprint density at radius 1 is 1.44 bits per heavy atom. The zero-order valence-corrected chi connectivity index (χ0v) is 11.4. The van der Waals surface area contributed by atoms with Crippen molar-refractivity contribution in [3.63, 3.8) is 0 Å². The van der Waals surface area contributed by atoms with Gasteiger partial charge in [-0.2, -0.15) is 0 Å². The second kappa shape index (κ2) is 5.59. The number of amidine groups is 1. The number of hydrogen-bond donors (Lipinski definition) is 1. The molecule has 0 unspecified atom stereocenters. The van der Waals surface area contributed by atoms with Gasteiger partial charge >= 0.3 is 0 Å². The van der Waals surface area contributed by atoms with Gasteiger partial charge in [0.1, 0.15) is 5.84 Å². The van der Waals surface area contributed by atoms with Gasteiger partial charge in [-0.25, -0.2) is 0 Å². The fourth-order valence-corrected chi connectivity index (χ4v) is 2.19. The molecule has 2 rings (SSSR count). The molecule has 1 aromatic carbocycles. The third-order valence-corrected chi connectivity index (χ3v) is 3.61. The molecule has 0 aromatic heterocycles. The van der Waals surface area contributed by atoms with Crippen molar-refractivity contribution in [2.45, 2.75) is 0 Å². The van der Waals surface area contributed by atoms with E-state index in [1.807, 2.05) is 0 Å². The lowest BCUT2D eigenvalue weighted by molar-refractivity contribution is 0.0772. The molecule has 0 spiro atoms. The van der Waals surface area contributed by atoms with E-state index in [4.69, 9.17) is 23.2 Å². The van der Waals surface area contributed by atoms with E-state index in [-0.39, 0.29) is 5.91 Å². The number of carbonyl (C=O) groups excluding carboxylic acids is 1. The molecule has 0 saturated carbocycles. The average Bonchev–Trinajstić information content (AvgIpc) is 2.41. The van der Waals surface area contributed by atoms with Gasteiger partial charge in [-0.1, -0.05) is 29.3 Å². The topological polar surface area (TPSA) is 44.7 Å². The monoisotopic (exact) mass is 285 g/mol. The largest absolute Gasteiger partial charge is 0.371 e. The molecule has 4 nitrogen and oxygen atoms in total. The fraction of sp³-hybridized carbons (Fsp3) is 0.333. The van der Waals surface area contributed by atoms with Gasteiger partial charge in [0, 0.05) is 20.1 Å². The van der Waals surface area contributed by atoms with E-state index >= 15 is 0 Å². The first kappa shape index (κ1) is 13.2. The van der Waals surface area contributed by atoms with Crippen molar-refractivity contribution in [3.05, 3.63) is 33.8 Å². The third-order valence-electron chi connectivity index (χ3n) is 2.79. The minimum atomic E-state index is -0.120. The van der Waals surface area contributed by atoms with E-state index in [0.29, 0.717) is 35.2 Å². The number of benzene rings is 1. The van der Waals surface area contributed by atoms with Crippen LogP contribution in [-0.4, -0.2) is 43.3 Å². The fourth-order valence-electron chi connectivity index (χ4n) is 1.81. The van der Waals surface area contributed by atoms with Crippen LogP contribution in [0.1, 0.15) is 10.4 Å². The van der Waals surface area contributed by atoms with E-state index in [1.54, 1.807) is 30.1 Å². The smallest absolute Gasteiger partial charge is 0.255 e. The van der Waals surface area contributed by atoms with E-state index in [9.17, 15) is 4.79 Å². The molecule has 1 heterocycles. The lowest BCUT2D eigenvalue weighted by Crippen LogP contribution is -2.50. The van der Waals surface area contributed by atoms with Crippen LogP contribution < -0.4 is 5.32 Å². The molecule has 1 amide bonds. The Hall–Kier alpha value is -1.26. The maximum absolute atomic E-state index is 12.3. The molecule has 96 valence electrons. The predicted octanol–water partition coefficient (Wildman–Crippen LogP) is 2.07. The van der Waals surface area contributed by atoms with Crippen molar-refractivity contribution >= 4 is 34.9 Å². The van der Waals surface area contributed by atoms with Gasteiger partial charge in [0.2, 0.25) is 0 Å². The number of hydrogen-bond acceptors (Lipinski definition) is 2. The summed E-state index contributed by atoms with van der Waals surface area (Å²) in [5, 5.41) is 3.82. The molecule has 1 aliphatic heterocycles. The molecule has 1 N–H and O–H groups in total. The standard InChI is InChI=1S/C12H13Cl2N3O/c1-15-10-7-17(6-5-16-10)12(18)8-3-2-4-9(13)11(8)14/h2-4H,5-7H2,1H3,(H,15,16). The van der Waals surface area contributed by atoms with Crippen molar-refractivity contribution in [3.8, 4) is 0 Å². The van der Waals surface area contributed by atoms with Crippen molar-refractivity contribution < 1.29 is 4.79 Å². The summed E-state index contributed by atoms with van der Waals surface area (Å²) in [5.41, 5.74) is 0.432. The SMILES string of the molecule is CN=C1CN(C(=O)c2cccc(Cl)c2Cl)CCN1. The highest BCUT2D eigenvalue weighted by Gasteiger charge is 2.23. The Bertz CT molecular complexity index is 502. The van der Waals surface area contributed by atoms with Gasteiger partial charge < -0.3 is 10.2 Å². The number of carbonyl (C=O) groups is 1. The van der Waals surface area contributed by atoms with Crippen LogP contribution in [0.3, 0.4) is 0 Å². The van der Waals surface area contributed by atoms with Crippen LogP contribution in [0.5, 0.6) is 0 Å². The zero-order chi connectivity index (χ0) is 13.1. The number of nitrogens with zero attached hydrogens (tertiary/aromatic N) is 2. The Morgan fingerprint density at radius 2 is 2.22 bits per heavy atom. The van der Waals surface area contributed by atoms with E-state index < -0.39 is 0 Å². The van der Waals surface area contributed by atoms with Crippen molar-refractivity contribution in [1.29, 1.82) is 0 Å². The quantitative estimate of drug-likeness (QED) is 0.859. The highest BCUT2D eigenvalue weighted by Crippen LogP contribution is 2.26. The second-order valence-electron chi connectivity index (χ2n) is 3.93. The molecule has 0 atom stereocenters. The van der Waals surface area contributed by atoms with Gasteiger partial charge in [-0.15, -0.1) is 0 Å². The Kier molecular flexibility index (Phi) is 4.09. The third kappa shape index (κ3) is 2.60. The maximum Gasteiger partial charge on any atom is 0.255 e. The number of nitrogens with one attached hydrogen (secondary N) is 1. The first-order valence-corrected chi connectivity index (χ1v) is 6.32. The number of aliphatic imine (C=N–C) groups is 1. The van der Waals surface area contributed by atoms with Crippen LogP contribution >= 0.6 is 23.2 Å². The zero-order valence-electron chi connectivity index (χ0n) is 9.91. The summed E-state index contributed by atoms with van der Waals surface area (Å²) in [6.45, 7) is 1.79. The molecule has 0 bridgehead atoms. The lowest BCUT2D eigenvalue weighted by Gasteiger charge is -2.29. The van der Waals surface area contributed by atoms with Crippen LogP contribution in [0.15, 0.2) is 23.2 Å². The van der Waals surface area contributed by atoms with Crippen molar-refractivity contribution in [1.82, 2.24) is 10.2 Å². The van der Waals surface area contributed by atoms with Crippen LogP contribution in [0.4, 0.5) is 0 Å². The normalized spacial score (nSPS) is 17.7. The van der Waals surface area contributed by atoms with Crippen molar-refractivity contribution in [2.75, 3.05) is 26.7 Å². The predicted molar refractivity (Wildman–Crippen MR) is 73.7 cm³/mol. The summed E-state index contributed by atoms with van der Waals surface area (Å²) in [4.78, 5) is 18.1. The maximum atomic E-state index is 12.3. The number of piperazine rings is 1. The summed E-state index contributed by atoms with van der Waals surface area (Å²) in [5.74, 6) is 0.679. The van der Waals surface area contributed by atoms with E-state index in [0.717, 1.165) is 5.84 Å². The lowest BCUT2D eigenvalue weighted by atomic mass is 10.2. The molecule has 6 heteroatoms. The summed E-state index contributed by atoms with van der Waals surface area (Å²) < 4.78 is 0. The van der Waals surface area contributed by atoms with Gasteiger partial charge in [0.05, 0.1) is 22.2 Å². The Balaban J connectivity index is 2.23. The summed E-state index contributed by atoms with van der Waals surface area (Å²) in [7, 11) is 1.70. The number of rotatable bonds is 1. The van der Waals surface area contributed by atoms with Crippen LogP contribution in [-0.2, 0) is 0 Å². The highest BCUT2D eigenvalue weighted by atomic mass is 35.5. The molecule has 1 aliphatic rings. The molecular weight excluding hydrogens is 273 g/mol. The Morgan fingerprint density at radius 3 is 2.94 bits per heavy atom. The Labute approximate surface area is 116 Å². The average molecular weight is 286 g/mol. The van der Waals surface area contributed by atoms with Crippen LogP contribution in [0.25, 0.3) is 0 Å². The first-order valence-electron chi connectivity index (χ1n) is 5.56. The summed E-state index contributed by atoms with van der Waals surface area (Å²) >= 11 is 12.0. The molecule has 18 heavy (non-hydrogen) atoms. The molecular formula is C12H13Cl2N3O. The summed E-state index contributed by atoms with van der Waals surface area (Å²) in [6.07, 6.45) is 0. The molecule has 1 aromatic rings. The molecule has 1 fully saturated rings. The number of halogens is 2. The van der Waals surface area contributed by atoms with Crippen LogP contribution in [0, 0.1) is 0 Å². The van der Waals surface area contributed by atoms with E-state index in [2.05, 4.69) is 10.3 Å². The first-order chi connectivity index (χ1) is 8.63. The van der Waals surface area contributed by atoms with Gasteiger partial charge in [0.25, 0.3) is 5.91 Å². The number of amides is 1. The van der Waals surface area contributed by atoms with Gasteiger partial charge in [0.15, 0.2) is 0 Å². The molecule has 0 aliphatic carbocycles. The minimum absolute atomic E-state index is 0.120. The van der Waals surface area contributed by atoms with Gasteiger partial charge in [-0.3, -0.25) is 9.79 Å². The minimum Gasteiger partial charge on any atom is -0.371 e. The highest BCUT2D eigenvalue weighted by molar-refractivity contribution is 6.43. The van der Waals surface area contributed by atoms with Crippen molar-refractivity contribution in [2.24, 2.45) is 4.99 Å². The second-order valence-corrected chi connectivity index (χ2v) is 4.71. The molecule has 0 radical (unpaired) electrons. The van der Waals surface area contributed by atoms with E-state index in [1.165, 1.54) is 0 Å². The van der Waals surface area contributed by atoms with Crippen LogP contribution in [0.2, 0.25) is 10.0 Å². The van der Waals surface area contributed by atoms with Gasteiger partial charge in [-0.05, 0) is 12.1 Å². The molecule has 1 saturated heterocycles.